The van der Waals surface area contributed by atoms with Gasteiger partial charge in [-0.15, -0.1) is 24.0 Å². The van der Waals surface area contributed by atoms with Crippen LogP contribution in [0.4, 0.5) is 0 Å². The highest BCUT2D eigenvalue weighted by Crippen LogP contribution is 2.18. The number of benzene rings is 2. The van der Waals surface area contributed by atoms with Crippen molar-refractivity contribution in [1.82, 2.24) is 19.8 Å². The van der Waals surface area contributed by atoms with Crippen LogP contribution in [0.3, 0.4) is 0 Å². The van der Waals surface area contributed by atoms with Crippen molar-refractivity contribution in [3.63, 3.8) is 0 Å². The van der Waals surface area contributed by atoms with Crippen molar-refractivity contribution in [2.45, 2.75) is 26.5 Å². The zero-order valence-corrected chi connectivity index (χ0v) is 20.7. The molecule has 0 saturated carbocycles. The molecule has 1 aliphatic rings. The molecule has 1 saturated heterocycles. The van der Waals surface area contributed by atoms with E-state index in [2.05, 4.69) is 74.1 Å². The first-order valence-electron chi connectivity index (χ1n) is 10.7. The van der Waals surface area contributed by atoms with Gasteiger partial charge in [-0.25, -0.2) is 4.98 Å². The van der Waals surface area contributed by atoms with Crippen LogP contribution < -0.4 is 5.32 Å². The van der Waals surface area contributed by atoms with Crippen LogP contribution in [0.1, 0.15) is 17.8 Å². The number of rotatable bonds is 7. The summed E-state index contributed by atoms with van der Waals surface area (Å²) < 4.78 is 8.22. The van der Waals surface area contributed by atoms with E-state index < -0.39 is 0 Å². The predicted molar refractivity (Wildman–Crippen MR) is 137 cm³/mol. The maximum atomic E-state index is 5.95. The number of imidazole rings is 1. The largest absolute Gasteiger partial charge is 0.376 e. The first-order chi connectivity index (χ1) is 14.7. The summed E-state index contributed by atoms with van der Waals surface area (Å²) in [7, 11) is 1.86. The minimum Gasteiger partial charge on any atom is -0.376 e. The van der Waals surface area contributed by atoms with E-state index in [-0.39, 0.29) is 24.0 Å². The molecule has 1 unspecified atom stereocenters. The Hall–Kier alpha value is -2.13. The van der Waals surface area contributed by atoms with E-state index in [9.17, 15) is 0 Å². The third-order valence-electron chi connectivity index (χ3n) is 5.73. The van der Waals surface area contributed by atoms with Crippen LogP contribution in [0, 0.1) is 12.8 Å². The zero-order chi connectivity index (χ0) is 20.8. The zero-order valence-electron chi connectivity index (χ0n) is 18.3. The molecule has 0 aliphatic carbocycles. The van der Waals surface area contributed by atoms with Gasteiger partial charge < -0.3 is 19.5 Å². The van der Waals surface area contributed by atoms with Crippen molar-refractivity contribution in [3.8, 4) is 0 Å². The fourth-order valence-corrected chi connectivity index (χ4v) is 4.17. The first-order valence-corrected chi connectivity index (χ1v) is 10.7. The summed E-state index contributed by atoms with van der Waals surface area (Å²) in [6, 6.07) is 18.7. The number of nitrogens with one attached hydrogen (secondary N) is 1. The Bertz CT molecular complexity index is 988. The second-order valence-electron chi connectivity index (χ2n) is 7.87. The molecule has 1 fully saturated rings. The van der Waals surface area contributed by atoms with Crippen molar-refractivity contribution in [2.75, 3.05) is 33.3 Å². The summed E-state index contributed by atoms with van der Waals surface area (Å²) in [5.74, 6) is 2.57. The number of aromatic nitrogens is 2. The predicted octanol–water partition coefficient (Wildman–Crippen LogP) is 4.08. The number of aliphatic imine (C=N–C) groups is 1. The van der Waals surface area contributed by atoms with Gasteiger partial charge in [-0.3, -0.25) is 4.99 Å². The molecule has 2 aromatic carbocycles. The summed E-state index contributed by atoms with van der Waals surface area (Å²) in [6.45, 7) is 7.23. The number of aryl methyl sites for hydroxylation is 1. The van der Waals surface area contributed by atoms with Crippen LogP contribution in [0.5, 0.6) is 0 Å². The van der Waals surface area contributed by atoms with E-state index in [4.69, 9.17) is 4.74 Å². The molecule has 4 rings (SSSR count). The van der Waals surface area contributed by atoms with E-state index in [1.165, 1.54) is 11.1 Å². The number of ether oxygens (including phenoxy) is 1. The van der Waals surface area contributed by atoms with Crippen LogP contribution in [0.15, 0.2) is 59.6 Å². The highest BCUT2D eigenvalue weighted by molar-refractivity contribution is 14.0. The normalized spacial score (nSPS) is 16.5. The van der Waals surface area contributed by atoms with Gasteiger partial charge in [0, 0.05) is 39.1 Å². The van der Waals surface area contributed by atoms with Gasteiger partial charge in [0.25, 0.3) is 0 Å². The van der Waals surface area contributed by atoms with E-state index in [1.54, 1.807) is 0 Å². The topological polar surface area (TPSA) is 54.7 Å². The quantitative estimate of drug-likeness (QED) is 0.283. The minimum atomic E-state index is 0. The lowest BCUT2D eigenvalue weighted by Gasteiger charge is -2.22. The minimum absolute atomic E-state index is 0. The van der Waals surface area contributed by atoms with Crippen LogP contribution >= 0.6 is 24.0 Å². The van der Waals surface area contributed by atoms with Crippen molar-refractivity contribution >= 4 is 41.0 Å². The molecule has 1 aliphatic heterocycles. The van der Waals surface area contributed by atoms with E-state index >= 15 is 0 Å². The van der Waals surface area contributed by atoms with Crippen LogP contribution in [-0.2, 0) is 17.9 Å². The molecule has 1 aromatic heterocycles. The second-order valence-corrected chi connectivity index (χ2v) is 7.87. The molecule has 0 bridgehead atoms. The van der Waals surface area contributed by atoms with Gasteiger partial charge in [0.05, 0.1) is 24.2 Å². The average molecular weight is 533 g/mol. The molecule has 31 heavy (non-hydrogen) atoms. The van der Waals surface area contributed by atoms with Gasteiger partial charge in [0.15, 0.2) is 5.96 Å². The highest BCUT2D eigenvalue weighted by Gasteiger charge is 2.25. The van der Waals surface area contributed by atoms with Crippen molar-refractivity contribution in [2.24, 2.45) is 10.9 Å². The summed E-state index contributed by atoms with van der Waals surface area (Å²) in [5.41, 5.74) is 3.47. The smallest absolute Gasteiger partial charge is 0.193 e. The maximum Gasteiger partial charge on any atom is 0.193 e. The number of hydrogen-bond acceptors (Lipinski definition) is 3. The second kappa shape index (κ2) is 11.5. The lowest BCUT2D eigenvalue weighted by Crippen LogP contribution is -2.41. The molecular weight excluding hydrogens is 501 g/mol. The van der Waals surface area contributed by atoms with E-state index in [0.29, 0.717) is 12.5 Å². The van der Waals surface area contributed by atoms with Gasteiger partial charge in [-0.1, -0.05) is 42.5 Å². The fraction of sp³-hybridized carbons (Fsp3) is 0.417. The molecule has 2 heterocycles. The van der Waals surface area contributed by atoms with Gasteiger partial charge >= 0.3 is 0 Å². The van der Waals surface area contributed by atoms with Crippen molar-refractivity contribution < 1.29 is 4.74 Å². The third-order valence-corrected chi connectivity index (χ3v) is 5.73. The lowest BCUT2D eigenvalue weighted by atomic mass is 10.1. The van der Waals surface area contributed by atoms with Gasteiger partial charge in [-0.2, -0.15) is 0 Å². The average Bonchev–Trinajstić information content (AvgIpc) is 3.36. The number of likely N-dealkylation sites (tertiary alicyclic amines) is 1. The van der Waals surface area contributed by atoms with Crippen molar-refractivity contribution in [1.29, 1.82) is 0 Å². The molecule has 6 nitrogen and oxygen atoms in total. The molecule has 3 aromatic rings. The summed E-state index contributed by atoms with van der Waals surface area (Å²) in [6.07, 6.45) is 1.14. The monoisotopic (exact) mass is 533 g/mol. The molecule has 166 valence electrons. The van der Waals surface area contributed by atoms with E-state index in [1.807, 2.05) is 19.2 Å². The Morgan fingerprint density at radius 2 is 1.94 bits per heavy atom. The highest BCUT2D eigenvalue weighted by atomic mass is 127. The standard InChI is InChI=1S/C24H31N5O.HI/c1-19-27-22-10-6-7-11-23(22)29(19)15-13-26-24(25-2)28-14-12-21(16-28)18-30-17-20-8-4-3-5-9-20;/h3-11,21H,12-18H2,1-2H3,(H,25,26);1H. The van der Waals surface area contributed by atoms with Crippen LogP contribution in [0.2, 0.25) is 0 Å². The first kappa shape index (κ1) is 23.5. The molecule has 0 radical (unpaired) electrons. The van der Waals surface area contributed by atoms with E-state index in [0.717, 1.165) is 56.5 Å². The summed E-state index contributed by atoms with van der Waals surface area (Å²) >= 11 is 0. The number of nitrogens with zero attached hydrogens (tertiary/aromatic N) is 4. The number of fused-ring (bicyclic) bond motifs is 1. The number of hydrogen-bond donors (Lipinski definition) is 1. The van der Waals surface area contributed by atoms with Crippen LogP contribution in [-0.4, -0.2) is 53.7 Å². The molecular formula is C24H32IN5O. The van der Waals surface area contributed by atoms with Gasteiger partial charge in [0.2, 0.25) is 0 Å². The number of halogens is 1. The number of para-hydroxylation sites is 2. The molecule has 1 N–H and O–H groups in total. The maximum absolute atomic E-state index is 5.95. The Morgan fingerprint density at radius 3 is 2.74 bits per heavy atom. The Labute approximate surface area is 201 Å². The number of guanidine groups is 1. The Kier molecular flexibility index (Phi) is 8.71. The summed E-state index contributed by atoms with van der Waals surface area (Å²) in [5, 5.41) is 3.53. The molecule has 7 heteroatoms. The lowest BCUT2D eigenvalue weighted by molar-refractivity contribution is 0.0907. The van der Waals surface area contributed by atoms with Gasteiger partial charge in [-0.05, 0) is 31.0 Å². The van der Waals surface area contributed by atoms with Crippen molar-refractivity contribution in [3.05, 3.63) is 66.0 Å². The molecule has 1 atom stereocenters. The fourth-order valence-electron chi connectivity index (χ4n) is 4.17. The molecule has 0 spiro atoms. The molecule has 0 amide bonds. The Morgan fingerprint density at radius 1 is 1.16 bits per heavy atom. The summed E-state index contributed by atoms with van der Waals surface area (Å²) in [4.78, 5) is 11.5. The Balaban J connectivity index is 0.00000272. The third kappa shape index (κ3) is 5.98. The van der Waals surface area contributed by atoms with Gasteiger partial charge in [0.1, 0.15) is 5.82 Å². The van der Waals surface area contributed by atoms with Crippen LogP contribution in [0.25, 0.3) is 11.0 Å². The SMILES string of the molecule is CN=C(NCCn1c(C)nc2ccccc21)N1CCC(COCc2ccccc2)C1.I.